The van der Waals surface area contributed by atoms with E-state index in [1.165, 1.54) is 0 Å². The number of halogens is 6. The summed E-state index contributed by atoms with van der Waals surface area (Å²) in [6.07, 6.45) is -8.64. The zero-order valence-corrected chi connectivity index (χ0v) is 17.8. The van der Waals surface area contributed by atoms with Gasteiger partial charge in [0.2, 0.25) is 5.89 Å². The van der Waals surface area contributed by atoms with Crippen molar-refractivity contribution in [1.82, 2.24) is 9.88 Å². The number of methoxy groups -OCH3 is 1. The molecule has 0 saturated heterocycles. The Kier molecular flexibility index (Phi) is 7.98. The monoisotopic (exact) mass is 481 g/mol. The number of rotatable bonds is 7. The first-order valence-corrected chi connectivity index (χ1v) is 9.58. The summed E-state index contributed by atoms with van der Waals surface area (Å²) < 4.78 is 88.1. The first kappa shape index (κ1) is 26.0. The lowest BCUT2D eigenvalue weighted by molar-refractivity contribution is -0.143. The molecule has 0 spiro atoms. The average Bonchev–Trinajstić information content (AvgIpc) is 3.17. The molecule has 0 fully saturated rings. The number of hydrogen-bond acceptors (Lipinski definition) is 5. The number of benzene rings is 1. The third-order valence-corrected chi connectivity index (χ3v) is 4.37. The largest absolute Gasteiger partial charge is 0.464 e. The molecule has 182 valence electrons. The molecule has 0 aliphatic carbocycles. The number of ether oxygens (including phenoxy) is 1. The number of urea groups is 1. The quantitative estimate of drug-likeness (QED) is 0.412. The first-order valence-electron chi connectivity index (χ1n) is 9.58. The molecule has 13 heteroatoms. The van der Waals surface area contributed by atoms with Crippen molar-refractivity contribution in [2.45, 2.75) is 39.2 Å². The number of hydrogen-bond donors (Lipinski definition) is 1. The van der Waals surface area contributed by atoms with Crippen LogP contribution in [0.4, 0.5) is 36.8 Å². The summed E-state index contributed by atoms with van der Waals surface area (Å²) >= 11 is 0. The van der Waals surface area contributed by atoms with Gasteiger partial charge >= 0.3 is 24.4 Å². The van der Waals surface area contributed by atoms with Gasteiger partial charge in [-0.05, 0) is 30.5 Å². The minimum absolute atomic E-state index is 0.0344. The molecule has 7 nitrogen and oxygen atoms in total. The highest BCUT2D eigenvalue weighted by molar-refractivity contribution is 5.89. The smallest absolute Gasteiger partial charge is 0.416 e. The average molecular weight is 481 g/mol. The van der Waals surface area contributed by atoms with Crippen LogP contribution in [0.25, 0.3) is 0 Å². The highest BCUT2D eigenvalue weighted by Crippen LogP contribution is 2.37. The van der Waals surface area contributed by atoms with Gasteiger partial charge in [0.25, 0.3) is 0 Å². The maximum absolute atomic E-state index is 13.1. The number of oxazole rings is 1. The van der Waals surface area contributed by atoms with Crippen LogP contribution in [0, 0.1) is 5.92 Å². The second-order valence-electron chi connectivity index (χ2n) is 7.45. The van der Waals surface area contributed by atoms with E-state index in [0.29, 0.717) is 18.6 Å². The highest BCUT2D eigenvalue weighted by Gasteiger charge is 2.37. The lowest BCUT2D eigenvalue weighted by Crippen LogP contribution is -2.36. The van der Waals surface area contributed by atoms with Crippen LogP contribution >= 0.6 is 0 Å². The molecule has 33 heavy (non-hydrogen) atoms. The fourth-order valence-corrected chi connectivity index (χ4v) is 2.64. The molecule has 0 radical (unpaired) electrons. The van der Waals surface area contributed by atoms with Gasteiger partial charge in [-0.2, -0.15) is 26.3 Å². The third kappa shape index (κ3) is 7.39. The number of esters is 1. The Morgan fingerprint density at radius 3 is 2.15 bits per heavy atom. The Balaban J connectivity index is 2.31. The molecule has 2 aromatic rings. The Hall–Kier alpha value is -3.25. The number of anilines is 1. The molecule has 1 aromatic carbocycles. The van der Waals surface area contributed by atoms with Crippen molar-refractivity contribution >= 4 is 17.7 Å². The summed E-state index contributed by atoms with van der Waals surface area (Å²) in [7, 11) is 1.13. The van der Waals surface area contributed by atoms with Crippen molar-refractivity contribution < 1.29 is 45.1 Å². The number of carbonyl (C=O) groups excluding carboxylic acids is 2. The van der Waals surface area contributed by atoms with Crippen LogP contribution < -0.4 is 5.32 Å². The van der Waals surface area contributed by atoms with Crippen molar-refractivity contribution in [3.05, 3.63) is 47.2 Å². The number of alkyl halides is 6. The van der Waals surface area contributed by atoms with E-state index >= 15 is 0 Å². The minimum atomic E-state index is -5.06. The molecule has 1 aromatic heterocycles. The second kappa shape index (κ2) is 10.1. The molecule has 2 rings (SSSR count). The van der Waals surface area contributed by atoms with Gasteiger partial charge in [0, 0.05) is 12.2 Å². The van der Waals surface area contributed by atoms with Gasteiger partial charge in [-0.15, -0.1) is 0 Å². The topological polar surface area (TPSA) is 84.7 Å². The molecule has 0 aliphatic rings. The van der Waals surface area contributed by atoms with Crippen LogP contribution in [-0.4, -0.2) is 35.5 Å². The fraction of sp³-hybridized carbons (Fsp3) is 0.450. The molecule has 0 aliphatic heterocycles. The molecule has 1 heterocycles. The zero-order chi connectivity index (χ0) is 25.0. The Bertz CT molecular complexity index is 953. The van der Waals surface area contributed by atoms with Gasteiger partial charge in [-0.3, -0.25) is 0 Å². The van der Waals surface area contributed by atoms with Crippen molar-refractivity contribution in [2.75, 3.05) is 19.0 Å². The van der Waals surface area contributed by atoms with Crippen LogP contribution in [0.5, 0.6) is 0 Å². The summed E-state index contributed by atoms with van der Waals surface area (Å²) in [5.74, 6) is -0.734. The van der Waals surface area contributed by atoms with E-state index in [0.717, 1.165) is 18.3 Å². The van der Waals surface area contributed by atoms with Gasteiger partial charge in [0.15, 0.2) is 5.69 Å². The predicted molar refractivity (Wildman–Crippen MR) is 103 cm³/mol. The second-order valence-corrected chi connectivity index (χ2v) is 7.45. The van der Waals surface area contributed by atoms with Crippen LogP contribution in [0.1, 0.15) is 47.8 Å². The first-order chi connectivity index (χ1) is 15.2. The SMILES string of the molecule is COC(=O)c1coc(CN(CCC(C)C)C(=O)Nc2cc(C(F)(F)F)cc(C(F)(F)F)c2)n1. The summed E-state index contributed by atoms with van der Waals surface area (Å²) in [5.41, 5.74) is -3.96. The molecule has 0 bridgehead atoms. The van der Waals surface area contributed by atoms with Crippen LogP contribution in [0.3, 0.4) is 0 Å². The lowest BCUT2D eigenvalue weighted by Gasteiger charge is -2.23. The molecular formula is C20H21F6N3O4. The van der Waals surface area contributed by atoms with Gasteiger partial charge in [-0.25, -0.2) is 14.6 Å². The fourth-order valence-electron chi connectivity index (χ4n) is 2.64. The number of nitrogens with one attached hydrogen (secondary N) is 1. The van der Waals surface area contributed by atoms with E-state index in [1.807, 2.05) is 13.8 Å². The van der Waals surface area contributed by atoms with Crippen molar-refractivity contribution in [3.8, 4) is 0 Å². The molecule has 0 unspecified atom stereocenters. The molecule has 0 atom stereocenters. The van der Waals surface area contributed by atoms with Crippen LogP contribution in [-0.2, 0) is 23.6 Å². The number of aromatic nitrogens is 1. The predicted octanol–water partition coefficient (Wildman–Crippen LogP) is 5.58. The van der Waals surface area contributed by atoms with Crippen LogP contribution in [0.15, 0.2) is 28.9 Å². The summed E-state index contributed by atoms with van der Waals surface area (Å²) in [6.45, 7) is 3.52. The Morgan fingerprint density at radius 1 is 1.09 bits per heavy atom. The summed E-state index contributed by atoms with van der Waals surface area (Å²) in [4.78, 5) is 29.2. The van der Waals surface area contributed by atoms with E-state index < -0.39 is 41.2 Å². The van der Waals surface area contributed by atoms with Crippen molar-refractivity contribution in [2.24, 2.45) is 5.92 Å². The lowest BCUT2D eigenvalue weighted by atomic mass is 10.1. The maximum atomic E-state index is 13.1. The van der Waals surface area contributed by atoms with Crippen molar-refractivity contribution in [3.63, 3.8) is 0 Å². The highest BCUT2D eigenvalue weighted by atomic mass is 19.4. The van der Waals surface area contributed by atoms with E-state index in [1.54, 1.807) is 0 Å². The van der Waals surface area contributed by atoms with Gasteiger partial charge in [0.05, 0.1) is 24.8 Å². The Morgan fingerprint density at radius 2 is 1.67 bits per heavy atom. The molecule has 1 N–H and O–H groups in total. The van der Waals surface area contributed by atoms with Gasteiger partial charge < -0.3 is 19.4 Å². The maximum Gasteiger partial charge on any atom is 0.416 e. The summed E-state index contributed by atoms with van der Waals surface area (Å²) in [6, 6.07) is -0.184. The normalized spacial score (nSPS) is 12.1. The number of amides is 2. The zero-order valence-electron chi connectivity index (χ0n) is 17.8. The molecule has 0 saturated carbocycles. The summed E-state index contributed by atoms with van der Waals surface area (Å²) in [5, 5.41) is 2.08. The van der Waals surface area contributed by atoms with Crippen LogP contribution in [0.2, 0.25) is 0 Å². The van der Waals surface area contributed by atoms with Gasteiger partial charge in [-0.1, -0.05) is 13.8 Å². The van der Waals surface area contributed by atoms with E-state index in [-0.39, 0.29) is 36.7 Å². The van der Waals surface area contributed by atoms with Crippen molar-refractivity contribution in [1.29, 1.82) is 0 Å². The van der Waals surface area contributed by atoms with E-state index in [2.05, 4.69) is 15.0 Å². The van der Waals surface area contributed by atoms with Gasteiger partial charge in [0.1, 0.15) is 6.26 Å². The molecule has 2 amide bonds. The number of carbonyl (C=O) groups is 2. The molecular weight excluding hydrogens is 460 g/mol. The van der Waals surface area contributed by atoms with E-state index in [9.17, 15) is 35.9 Å². The third-order valence-electron chi connectivity index (χ3n) is 4.37. The Labute approximate surface area is 184 Å². The van der Waals surface area contributed by atoms with E-state index in [4.69, 9.17) is 4.42 Å². The minimum Gasteiger partial charge on any atom is -0.464 e. The standard InChI is InChI=1S/C20H21F6N3O4/c1-11(2)4-5-29(9-16-28-15(10-33-16)17(30)32-3)18(31)27-14-7-12(19(21,22)23)6-13(8-14)20(24,25)26/h6-8,10-11H,4-5,9H2,1-3H3,(H,27,31). The number of nitrogens with zero attached hydrogens (tertiary/aromatic N) is 2.